The smallest absolute Gasteiger partial charge is 0.389 e. The Morgan fingerprint density at radius 3 is 2.69 bits per heavy atom. The molecule has 2 heterocycles. The van der Waals surface area contributed by atoms with Crippen LogP contribution in [0, 0.1) is 5.82 Å². The Balaban J connectivity index is 1.74. The average Bonchev–Trinajstić information content (AvgIpc) is 2.73. The highest BCUT2D eigenvalue weighted by atomic mass is 19.4. The standard InChI is InChI=1S/C17H13F4N3O2/c18-11-2-4-14-13(7-11)15(5-6-16(25)23-14)24-26-9-12-3-1-10(8-22-12)17(19,20)21/h1-4,7-8H,5-6,9H2,(H,23,25)/b24-15+. The van der Waals surface area contributed by atoms with Gasteiger partial charge in [0.2, 0.25) is 5.91 Å². The van der Waals surface area contributed by atoms with Crippen molar-refractivity contribution in [2.24, 2.45) is 5.16 Å². The van der Waals surface area contributed by atoms with Gasteiger partial charge >= 0.3 is 6.18 Å². The molecule has 0 radical (unpaired) electrons. The minimum absolute atomic E-state index is 0.150. The Hall–Kier alpha value is -2.97. The summed E-state index contributed by atoms with van der Waals surface area (Å²) in [4.78, 5) is 20.5. The number of benzene rings is 1. The molecule has 1 aromatic carbocycles. The lowest BCUT2D eigenvalue weighted by molar-refractivity contribution is -0.137. The molecule has 1 aliphatic rings. The fourth-order valence-corrected chi connectivity index (χ4v) is 2.39. The second-order valence-electron chi connectivity index (χ2n) is 5.59. The summed E-state index contributed by atoms with van der Waals surface area (Å²) in [6.45, 7) is -0.159. The first kappa shape index (κ1) is 17.8. The molecule has 1 N–H and O–H groups in total. The van der Waals surface area contributed by atoms with E-state index in [1.807, 2.05) is 0 Å². The van der Waals surface area contributed by atoms with Gasteiger partial charge in [-0.1, -0.05) is 5.16 Å². The zero-order valence-corrected chi connectivity index (χ0v) is 13.3. The number of amides is 1. The molecule has 0 spiro atoms. The molecule has 0 aliphatic carbocycles. The zero-order chi connectivity index (χ0) is 18.7. The Morgan fingerprint density at radius 2 is 2.00 bits per heavy atom. The van der Waals surface area contributed by atoms with Gasteiger partial charge in [-0.05, 0) is 30.3 Å². The van der Waals surface area contributed by atoms with Crippen molar-refractivity contribution in [1.82, 2.24) is 4.98 Å². The lowest BCUT2D eigenvalue weighted by Gasteiger charge is -2.09. The van der Waals surface area contributed by atoms with Crippen molar-refractivity contribution < 1.29 is 27.2 Å². The average molecular weight is 367 g/mol. The summed E-state index contributed by atoms with van der Waals surface area (Å²) in [5.74, 6) is -0.718. The van der Waals surface area contributed by atoms with Gasteiger partial charge in [0.25, 0.3) is 0 Å². The maximum absolute atomic E-state index is 13.5. The summed E-state index contributed by atoms with van der Waals surface area (Å²) in [5.41, 5.74) is 0.583. The Bertz CT molecular complexity index is 848. The molecular weight excluding hydrogens is 354 g/mol. The van der Waals surface area contributed by atoms with Crippen molar-refractivity contribution in [3.05, 3.63) is 59.2 Å². The van der Waals surface area contributed by atoms with Crippen LogP contribution in [0.4, 0.5) is 23.2 Å². The zero-order valence-electron chi connectivity index (χ0n) is 13.3. The summed E-state index contributed by atoms with van der Waals surface area (Å²) < 4.78 is 51.0. The molecule has 0 saturated heterocycles. The van der Waals surface area contributed by atoms with Gasteiger partial charge in [-0.3, -0.25) is 9.78 Å². The largest absolute Gasteiger partial charge is 0.417 e. The van der Waals surface area contributed by atoms with Crippen molar-refractivity contribution in [1.29, 1.82) is 0 Å². The SMILES string of the molecule is O=C1CC/C(=N\OCc2ccc(C(F)(F)F)cn2)c2cc(F)ccc2N1. The van der Waals surface area contributed by atoms with Crippen LogP contribution in [0.25, 0.3) is 0 Å². The highest BCUT2D eigenvalue weighted by molar-refractivity contribution is 6.11. The number of oxime groups is 1. The second-order valence-corrected chi connectivity index (χ2v) is 5.59. The van der Waals surface area contributed by atoms with E-state index in [1.165, 1.54) is 24.3 Å². The number of fused-ring (bicyclic) bond motifs is 1. The maximum atomic E-state index is 13.5. The molecule has 1 aromatic heterocycles. The number of hydrogen-bond donors (Lipinski definition) is 1. The fourth-order valence-electron chi connectivity index (χ4n) is 2.39. The van der Waals surface area contributed by atoms with Crippen LogP contribution in [0.15, 0.2) is 41.7 Å². The molecule has 136 valence electrons. The molecule has 0 saturated carbocycles. The minimum Gasteiger partial charge on any atom is -0.389 e. The van der Waals surface area contributed by atoms with Crippen molar-refractivity contribution in [2.75, 3.05) is 5.32 Å². The van der Waals surface area contributed by atoms with E-state index >= 15 is 0 Å². The van der Waals surface area contributed by atoms with Crippen molar-refractivity contribution >= 4 is 17.3 Å². The van der Waals surface area contributed by atoms with Gasteiger partial charge in [-0.15, -0.1) is 0 Å². The van der Waals surface area contributed by atoms with E-state index in [0.29, 0.717) is 23.2 Å². The van der Waals surface area contributed by atoms with E-state index in [4.69, 9.17) is 4.84 Å². The van der Waals surface area contributed by atoms with Gasteiger partial charge in [-0.25, -0.2) is 4.39 Å². The number of halogens is 4. The Labute approximate surface area is 145 Å². The molecule has 0 bridgehead atoms. The molecule has 2 aromatic rings. The molecule has 26 heavy (non-hydrogen) atoms. The molecule has 1 amide bonds. The highest BCUT2D eigenvalue weighted by Gasteiger charge is 2.30. The summed E-state index contributed by atoms with van der Waals surface area (Å²) in [5, 5.41) is 6.57. The summed E-state index contributed by atoms with van der Waals surface area (Å²) in [6, 6.07) is 5.97. The predicted octanol–water partition coefficient (Wildman–Crippen LogP) is 3.89. The van der Waals surface area contributed by atoms with Crippen LogP contribution in [0.3, 0.4) is 0 Å². The van der Waals surface area contributed by atoms with Crippen LogP contribution in [0.1, 0.15) is 29.7 Å². The molecule has 9 heteroatoms. The number of pyridine rings is 1. The molecule has 1 aliphatic heterocycles. The van der Waals surface area contributed by atoms with Crippen LogP contribution < -0.4 is 5.32 Å². The number of nitrogens with zero attached hydrogens (tertiary/aromatic N) is 2. The number of rotatable bonds is 3. The lowest BCUT2D eigenvalue weighted by Crippen LogP contribution is -2.09. The second kappa shape index (κ2) is 7.11. The molecule has 0 unspecified atom stereocenters. The van der Waals surface area contributed by atoms with Gasteiger partial charge in [0.1, 0.15) is 5.82 Å². The van der Waals surface area contributed by atoms with E-state index in [9.17, 15) is 22.4 Å². The number of carbonyl (C=O) groups excluding carboxylic acids is 1. The molecule has 3 rings (SSSR count). The van der Waals surface area contributed by atoms with Crippen LogP contribution in [0.5, 0.6) is 0 Å². The van der Waals surface area contributed by atoms with E-state index < -0.39 is 17.6 Å². The van der Waals surface area contributed by atoms with Gasteiger partial charge in [0.15, 0.2) is 6.61 Å². The lowest BCUT2D eigenvalue weighted by atomic mass is 10.1. The van der Waals surface area contributed by atoms with E-state index in [0.717, 1.165) is 6.07 Å². The number of hydrogen-bond acceptors (Lipinski definition) is 4. The first-order valence-electron chi connectivity index (χ1n) is 7.63. The number of nitrogens with one attached hydrogen (secondary N) is 1. The summed E-state index contributed by atoms with van der Waals surface area (Å²) in [6.07, 6.45) is -3.36. The minimum atomic E-state index is -4.46. The fraction of sp³-hybridized carbons (Fsp3) is 0.235. The quantitative estimate of drug-likeness (QED) is 0.661. The summed E-state index contributed by atoms with van der Waals surface area (Å²) in [7, 11) is 0. The first-order chi connectivity index (χ1) is 12.3. The van der Waals surface area contributed by atoms with E-state index in [2.05, 4.69) is 15.5 Å². The Kier molecular flexibility index (Phi) is 4.88. The number of carbonyl (C=O) groups is 1. The van der Waals surface area contributed by atoms with E-state index in [1.54, 1.807) is 0 Å². The topological polar surface area (TPSA) is 63.6 Å². The monoisotopic (exact) mass is 367 g/mol. The number of anilines is 1. The van der Waals surface area contributed by atoms with Crippen LogP contribution >= 0.6 is 0 Å². The highest BCUT2D eigenvalue weighted by Crippen LogP contribution is 2.28. The predicted molar refractivity (Wildman–Crippen MR) is 84.8 cm³/mol. The third-order valence-corrected chi connectivity index (χ3v) is 3.69. The first-order valence-corrected chi connectivity index (χ1v) is 7.63. The van der Waals surface area contributed by atoms with Gasteiger partial charge in [0.05, 0.1) is 22.7 Å². The van der Waals surface area contributed by atoms with Crippen molar-refractivity contribution in [3.63, 3.8) is 0 Å². The van der Waals surface area contributed by atoms with Gasteiger partial charge < -0.3 is 10.2 Å². The van der Waals surface area contributed by atoms with Gasteiger partial charge in [-0.2, -0.15) is 13.2 Å². The normalized spacial score (nSPS) is 16.0. The van der Waals surface area contributed by atoms with Gasteiger partial charge in [0, 0.05) is 24.6 Å². The van der Waals surface area contributed by atoms with Crippen molar-refractivity contribution in [2.45, 2.75) is 25.6 Å². The maximum Gasteiger partial charge on any atom is 0.417 e. The molecule has 0 atom stereocenters. The van der Waals surface area contributed by atoms with Crippen LogP contribution in [-0.2, 0) is 22.4 Å². The number of alkyl halides is 3. The Morgan fingerprint density at radius 1 is 1.19 bits per heavy atom. The number of aromatic nitrogens is 1. The van der Waals surface area contributed by atoms with Crippen molar-refractivity contribution in [3.8, 4) is 0 Å². The molecule has 5 nitrogen and oxygen atoms in total. The van der Waals surface area contributed by atoms with Crippen LogP contribution in [0.2, 0.25) is 0 Å². The third kappa shape index (κ3) is 4.16. The molecule has 0 fully saturated rings. The molecular formula is C17H13F4N3O2. The third-order valence-electron chi connectivity index (χ3n) is 3.69. The van der Waals surface area contributed by atoms with Crippen LogP contribution in [-0.4, -0.2) is 16.6 Å². The summed E-state index contributed by atoms with van der Waals surface area (Å²) >= 11 is 0. The van der Waals surface area contributed by atoms with E-state index in [-0.39, 0.29) is 31.0 Å².